The number of hydrogen-bond acceptors (Lipinski definition) is 0. The zero-order valence-corrected chi connectivity index (χ0v) is 51.2. The van der Waals surface area contributed by atoms with Crippen LogP contribution >= 0.6 is 11.6 Å². The first-order valence-corrected chi connectivity index (χ1v) is 26.7. The van der Waals surface area contributed by atoms with Crippen molar-refractivity contribution in [1.82, 2.24) is 0 Å². The Hall–Kier alpha value is -5.32. The Balaban J connectivity index is 0.000000466. The molecule has 0 bridgehead atoms. The van der Waals surface area contributed by atoms with Crippen molar-refractivity contribution in [3.8, 4) is 12.3 Å². The summed E-state index contributed by atoms with van der Waals surface area (Å²) in [7, 11) is 0. The molecule has 6 aromatic rings. The van der Waals surface area contributed by atoms with Crippen LogP contribution in [0.4, 0.5) is 30.7 Å². The highest BCUT2D eigenvalue weighted by Crippen LogP contribution is 2.39. The largest absolute Gasteiger partial charge is 0.416 e. The Morgan fingerprint density at radius 3 is 1.08 bits per heavy atom. The highest BCUT2D eigenvalue weighted by molar-refractivity contribution is 6.31. The molecule has 0 N–H and O–H groups in total. The maximum Gasteiger partial charge on any atom is 0.416 e. The number of rotatable bonds is 1. The molecule has 0 saturated carbocycles. The molecular formula is C69H90ClF7. The average Bonchev–Trinajstić information content (AvgIpc) is 3.29. The van der Waals surface area contributed by atoms with Crippen molar-refractivity contribution in [2.45, 2.75) is 204 Å². The highest BCUT2D eigenvalue weighted by atomic mass is 35.5. The van der Waals surface area contributed by atoms with Crippen LogP contribution in [-0.2, 0) is 51.3 Å². The Bertz CT molecular complexity index is 2650. The highest BCUT2D eigenvalue weighted by Gasteiger charge is 2.38. The lowest BCUT2D eigenvalue weighted by atomic mass is 9.85. The van der Waals surface area contributed by atoms with Gasteiger partial charge >= 0.3 is 12.4 Å². The molecule has 0 aliphatic carbocycles. The number of halogens is 8. The summed E-state index contributed by atoms with van der Waals surface area (Å²) >= 11 is 5.93. The van der Waals surface area contributed by atoms with Gasteiger partial charge in [-0.25, -0.2) is 4.39 Å². The van der Waals surface area contributed by atoms with Gasteiger partial charge in [-0.3, -0.25) is 0 Å². The molecule has 6 rings (SSSR count). The number of aryl methyl sites for hydroxylation is 4. The van der Waals surface area contributed by atoms with E-state index in [2.05, 4.69) is 196 Å². The number of alkyl halides is 6. The summed E-state index contributed by atoms with van der Waals surface area (Å²) in [6, 6.07) is 38.9. The molecule has 0 aliphatic rings. The molecule has 0 nitrogen and oxygen atoms in total. The second kappa shape index (κ2) is 28.0. The van der Waals surface area contributed by atoms with Crippen molar-refractivity contribution in [3.05, 3.63) is 211 Å². The predicted octanol–water partition coefficient (Wildman–Crippen LogP) is 22.2. The summed E-state index contributed by atoms with van der Waals surface area (Å²) in [4.78, 5) is 0. The maximum absolute atomic E-state index is 12.9. The molecule has 0 radical (unpaired) electrons. The number of hydrogen-bond donors (Lipinski definition) is 0. The molecule has 0 aliphatic heterocycles. The molecule has 0 atom stereocenters. The first kappa shape index (κ1) is 69.7. The summed E-state index contributed by atoms with van der Waals surface area (Å²) < 4.78 is 88.2. The Labute approximate surface area is 466 Å². The van der Waals surface area contributed by atoms with Gasteiger partial charge in [0, 0.05) is 10.6 Å². The molecule has 0 spiro atoms. The molecular weight excluding hydrogens is 997 g/mol. The van der Waals surface area contributed by atoms with E-state index in [1.165, 1.54) is 45.0 Å². The summed E-state index contributed by atoms with van der Waals surface area (Å²) in [5.74, 6) is 2.52. The fraction of sp³-hybridized carbons (Fsp3) is 0.449. The van der Waals surface area contributed by atoms with Gasteiger partial charge in [-0.2, -0.15) is 26.3 Å². The van der Waals surface area contributed by atoms with Crippen molar-refractivity contribution in [2.75, 3.05) is 0 Å². The van der Waals surface area contributed by atoms with E-state index in [4.69, 9.17) is 18.0 Å². The van der Waals surface area contributed by atoms with Crippen LogP contribution in [0.15, 0.2) is 127 Å². The van der Waals surface area contributed by atoms with Crippen LogP contribution in [-0.4, -0.2) is 0 Å². The average molecular weight is 1090 g/mol. The van der Waals surface area contributed by atoms with Crippen molar-refractivity contribution >= 4 is 11.6 Å². The van der Waals surface area contributed by atoms with Crippen LogP contribution in [0.5, 0.6) is 0 Å². The van der Waals surface area contributed by atoms with Gasteiger partial charge in [-0.1, -0.05) is 240 Å². The van der Waals surface area contributed by atoms with Crippen molar-refractivity contribution in [1.29, 1.82) is 0 Å². The van der Waals surface area contributed by atoms with Crippen molar-refractivity contribution in [3.63, 3.8) is 0 Å². The molecule has 0 heterocycles. The molecule has 0 amide bonds. The van der Waals surface area contributed by atoms with E-state index in [-0.39, 0.29) is 44.5 Å². The third kappa shape index (κ3) is 25.4. The van der Waals surface area contributed by atoms with E-state index in [1.54, 1.807) is 27.7 Å². The van der Waals surface area contributed by atoms with E-state index in [0.717, 1.165) is 40.3 Å². The summed E-state index contributed by atoms with van der Waals surface area (Å²) in [6.45, 7) is 45.8. The fourth-order valence-electron chi connectivity index (χ4n) is 7.04. The molecule has 0 fully saturated rings. The van der Waals surface area contributed by atoms with Gasteiger partial charge < -0.3 is 0 Å². The van der Waals surface area contributed by atoms with Gasteiger partial charge in [0.1, 0.15) is 5.82 Å². The Morgan fingerprint density at radius 2 is 0.740 bits per heavy atom. The third-order valence-corrected chi connectivity index (χ3v) is 12.9. The van der Waals surface area contributed by atoms with E-state index in [0.29, 0.717) is 0 Å². The minimum absolute atomic E-state index is 0.00431. The number of terminal acetylenes is 1. The molecule has 8 heteroatoms. The second-order valence-electron chi connectivity index (χ2n) is 25.9. The fourth-order valence-corrected chi connectivity index (χ4v) is 7.16. The summed E-state index contributed by atoms with van der Waals surface area (Å²) in [6.07, 6.45) is -3.14. The molecule has 6 aromatic carbocycles. The van der Waals surface area contributed by atoms with Crippen molar-refractivity contribution in [2.24, 2.45) is 0 Å². The third-order valence-electron chi connectivity index (χ3n) is 12.5. The van der Waals surface area contributed by atoms with Crippen LogP contribution in [0.25, 0.3) is 0 Å². The lowest BCUT2D eigenvalue weighted by molar-refractivity contribution is -0.143. The SMILES string of the molecule is C#Cc1cccc(C(C)(C)C)c1.CC(C)(C)c1cc(C(F)(F)F)cc(C(F)(F)F)c1.CCc1ccc(C(C)(C)C)cc1.Cc1cc(C(C)(C)C)ccc1Cl.Cc1cc(C(C)(C)C)ccc1F.Cc1cccc(C(C)(C)C)c1. The molecule has 0 unspecified atom stereocenters. The van der Waals surface area contributed by atoms with Crippen LogP contribution in [0.2, 0.25) is 5.02 Å². The minimum Gasteiger partial charge on any atom is -0.207 e. The first-order chi connectivity index (χ1) is 34.7. The molecule has 422 valence electrons. The minimum atomic E-state index is -4.79. The summed E-state index contributed by atoms with van der Waals surface area (Å²) in [5.41, 5.74) is 9.99. The molecule has 77 heavy (non-hydrogen) atoms. The van der Waals surface area contributed by atoms with Gasteiger partial charge in [0.15, 0.2) is 0 Å². The molecule has 0 aromatic heterocycles. The van der Waals surface area contributed by atoms with Crippen LogP contribution in [0.3, 0.4) is 0 Å². The number of benzene rings is 6. The van der Waals surface area contributed by atoms with E-state index >= 15 is 0 Å². The maximum atomic E-state index is 12.9. The topological polar surface area (TPSA) is 0 Å². The first-order valence-electron chi connectivity index (χ1n) is 26.3. The van der Waals surface area contributed by atoms with Gasteiger partial charge in [0.2, 0.25) is 0 Å². The predicted molar refractivity (Wildman–Crippen MR) is 317 cm³/mol. The van der Waals surface area contributed by atoms with E-state index in [1.807, 2.05) is 37.3 Å². The van der Waals surface area contributed by atoms with Gasteiger partial charge in [0.05, 0.1) is 11.1 Å². The van der Waals surface area contributed by atoms with Crippen molar-refractivity contribution < 1.29 is 30.7 Å². The van der Waals surface area contributed by atoms with Gasteiger partial charge in [0.25, 0.3) is 0 Å². The second-order valence-corrected chi connectivity index (χ2v) is 26.3. The standard InChI is InChI=1S/C12H12F6.C12H18.C12H14.C11H15Cl.C11H15F.C11H16/c1-10(2,3)7-4-8(11(13,14)15)6-9(5-7)12(16,17)18;1-5-10-6-8-11(9-7-10)12(2,3)4;1-5-10-7-6-8-11(9-10)12(2,3)4;2*1-8-7-9(11(2,3)4)5-6-10(8)12;1-9-6-5-7-10(8-9)11(2,3)4/h4-6H,1-3H3;6-9H,5H2,1-4H3;1,6-9H,2-4H3;2*5-7H,1-4H3;5-8H,1-4H3. The quantitative estimate of drug-likeness (QED) is 0.114. The van der Waals surface area contributed by atoms with Crippen LogP contribution in [0.1, 0.15) is 204 Å². The lowest BCUT2D eigenvalue weighted by Crippen LogP contribution is -2.17. The summed E-state index contributed by atoms with van der Waals surface area (Å²) in [5, 5.41) is 0.850. The van der Waals surface area contributed by atoms with Crippen LogP contribution < -0.4 is 0 Å². The Morgan fingerprint density at radius 1 is 0.390 bits per heavy atom. The lowest BCUT2D eigenvalue weighted by Gasteiger charge is -2.22. The van der Waals surface area contributed by atoms with Crippen LogP contribution in [0, 0.1) is 38.9 Å². The zero-order chi connectivity index (χ0) is 59.9. The smallest absolute Gasteiger partial charge is 0.207 e. The van der Waals surface area contributed by atoms with E-state index < -0.39 is 28.9 Å². The monoisotopic (exact) mass is 1090 g/mol. The van der Waals surface area contributed by atoms with E-state index in [9.17, 15) is 30.7 Å². The normalized spacial score (nSPS) is 12.1. The zero-order valence-electron chi connectivity index (χ0n) is 50.4. The molecule has 0 saturated heterocycles. The van der Waals surface area contributed by atoms with Gasteiger partial charge in [-0.05, 0) is 152 Å². The van der Waals surface area contributed by atoms with Gasteiger partial charge in [-0.15, -0.1) is 6.42 Å². The Kier molecular flexibility index (Phi) is 25.4.